The van der Waals surface area contributed by atoms with Gasteiger partial charge in [-0.3, -0.25) is 14.4 Å². The summed E-state index contributed by atoms with van der Waals surface area (Å²) in [5.41, 5.74) is 17.7. The van der Waals surface area contributed by atoms with E-state index in [4.69, 9.17) is 33.5 Å². The van der Waals surface area contributed by atoms with Gasteiger partial charge < -0.3 is 32.2 Å². The highest BCUT2D eigenvalue weighted by Crippen LogP contribution is 2.32. The Labute approximate surface area is 264 Å². The standard InChI is InChI=1S/C31H36ClF3N6O4/c32-23-16-21(7-10-27(23)45-28-11-8-22(19-39-28)31(33,34)35)17-26(42)25(9-6-20-4-2-1-3-5-20)40-30(44)24(38)18-29(43)41(14-12-36)15-13-37/h1-5,7-8,10-11,16,19,24-25H,6,9,12-15,17-18,36-38H2,(H,40,44)/t24-,25-/m0/s1. The monoisotopic (exact) mass is 648 g/mol. The van der Waals surface area contributed by atoms with Crippen LogP contribution >= 0.6 is 11.6 Å². The number of nitrogens with one attached hydrogen (secondary N) is 1. The molecule has 0 bridgehead atoms. The largest absolute Gasteiger partial charge is 0.437 e. The number of Topliss-reactive ketones (excluding diaryl/α,β-unsaturated/α-hetero) is 1. The van der Waals surface area contributed by atoms with Crippen LogP contribution in [0.15, 0.2) is 66.9 Å². The lowest BCUT2D eigenvalue weighted by atomic mass is 9.97. The number of amides is 2. The average molecular weight is 649 g/mol. The minimum Gasteiger partial charge on any atom is -0.437 e. The molecule has 0 unspecified atom stereocenters. The fraction of sp³-hybridized carbons (Fsp3) is 0.355. The summed E-state index contributed by atoms with van der Waals surface area (Å²) in [7, 11) is 0. The predicted octanol–water partition coefficient (Wildman–Crippen LogP) is 3.24. The maximum Gasteiger partial charge on any atom is 0.417 e. The molecule has 0 aliphatic rings. The van der Waals surface area contributed by atoms with Crippen molar-refractivity contribution in [3.05, 3.63) is 88.6 Å². The summed E-state index contributed by atoms with van der Waals surface area (Å²) in [6.45, 7) is 1.00. The first-order valence-electron chi connectivity index (χ1n) is 14.2. The predicted molar refractivity (Wildman–Crippen MR) is 163 cm³/mol. The second kappa shape index (κ2) is 16.9. The van der Waals surface area contributed by atoms with E-state index in [1.165, 1.54) is 17.0 Å². The van der Waals surface area contributed by atoms with E-state index in [0.29, 0.717) is 18.2 Å². The number of ketones is 1. The molecule has 2 aromatic carbocycles. The molecule has 14 heteroatoms. The summed E-state index contributed by atoms with van der Waals surface area (Å²) in [4.78, 5) is 44.3. The minimum atomic E-state index is -4.53. The van der Waals surface area contributed by atoms with Crippen LogP contribution in [0.1, 0.15) is 29.5 Å². The van der Waals surface area contributed by atoms with Gasteiger partial charge in [0.15, 0.2) is 5.78 Å². The Morgan fingerprint density at radius 2 is 1.67 bits per heavy atom. The average Bonchev–Trinajstić information content (AvgIpc) is 3.00. The molecule has 10 nitrogen and oxygen atoms in total. The normalized spacial score (nSPS) is 12.7. The van der Waals surface area contributed by atoms with Crippen LogP contribution in [0.4, 0.5) is 13.2 Å². The molecule has 1 heterocycles. The molecule has 1 aromatic heterocycles. The van der Waals surface area contributed by atoms with E-state index in [2.05, 4.69) is 10.3 Å². The Balaban J connectivity index is 1.69. The first-order valence-corrected chi connectivity index (χ1v) is 14.6. The van der Waals surface area contributed by atoms with Gasteiger partial charge in [0, 0.05) is 44.9 Å². The number of nitrogens with zero attached hydrogens (tertiary/aromatic N) is 2. The van der Waals surface area contributed by atoms with Crippen molar-refractivity contribution in [3.8, 4) is 11.6 Å². The van der Waals surface area contributed by atoms with Gasteiger partial charge in [0.2, 0.25) is 17.7 Å². The molecule has 3 rings (SSSR count). The number of pyridine rings is 1. The number of aromatic nitrogens is 1. The van der Waals surface area contributed by atoms with Gasteiger partial charge in [-0.15, -0.1) is 0 Å². The number of carbonyl (C=O) groups is 3. The summed E-state index contributed by atoms with van der Waals surface area (Å²) < 4.78 is 43.9. The first kappa shape index (κ1) is 35.4. The third kappa shape index (κ3) is 11.1. The van der Waals surface area contributed by atoms with Crippen molar-refractivity contribution in [1.82, 2.24) is 15.2 Å². The Kier molecular flexibility index (Phi) is 13.3. The van der Waals surface area contributed by atoms with Crippen LogP contribution < -0.4 is 27.3 Å². The molecule has 0 aliphatic carbocycles. The van der Waals surface area contributed by atoms with E-state index in [1.54, 1.807) is 6.07 Å². The fourth-order valence-electron chi connectivity index (χ4n) is 4.41. The molecule has 0 spiro atoms. The topological polar surface area (TPSA) is 167 Å². The van der Waals surface area contributed by atoms with Crippen molar-refractivity contribution < 1.29 is 32.3 Å². The third-order valence-corrected chi connectivity index (χ3v) is 7.10. The zero-order valence-electron chi connectivity index (χ0n) is 24.4. The molecule has 3 aromatic rings. The second-order valence-corrected chi connectivity index (χ2v) is 10.7. The molecule has 2 atom stereocenters. The Hall–Kier alpha value is -4.04. The van der Waals surface area contributed by atoms with Gasteiger partial charge in [0.1, 0.15) is 5.75 Å². The molecule has 0 saturated carbocycles. The zero-order chi connectivity index (χ0) is 33.0. The van der Waals surface area contributed by atoms with Crippen molar-refractivity contribution in [2.24, 2.45) is 17.2 Å². The van der Waals surface area contributed by atoms with E-state index in [-0.39, 0.29) is 73.8 Å². The smallest absolute Gasteiger partial charge is 0.417 e. The summed E-state index contributed by atoms with van der Waals surface area (Å²) >= 11 is 6.35. The van der Waals surface area contributed by atoms with Crippen LogP contribution in [0, 0.1) is 0 Å². The lowest BCUT2D eigenvalue weighted by molar-refractivity contribution is -0.138. The van der Waals surface area contributed by atoms with E-state index in [9.17, 15) is 27.6 Å². The minimum absolute atomic E-state index is 0.0959. The highest BCUT2D eigenvalue weighted by molar-refractivity contribution is 6.32. The highest BCUT2D eigenvalue weighted by atomic mass is 35.5. The Bertz CT molecular complexity index is 1420. The van der Waals surface area contributed by atoms with Crippen molar-refractivity contribution in [2.45, 2.75) is 43.9 Å². The molecule has 7 N–H and O–H groups in total. The van der Waals surface area contributed by atoms with Crippen LogP contribution in [0.3, 0.4) is 0 Å². The van der Waals surface area contributed by atoms with E-state index in [1.807, 2.05) is 30.3 Å². The third-order valence-electron chi connectivity index (χ3n) is 6.80. The first-order chi connectivity index (χ1) is 21.4. The fourth-order valence-corrected chi connectivity index (χ4v) is 4.66. The number of alkyl halides is 3. The highest BCUT2D eigenvalue weighted by Gasteiger charge is 2.31. The molecule has 2 amide bonds. The van der Waals surface area contributed by atoms with Gasteiger partial charge in [-0.1, -0.05) is 48.0 Å². The maximum atomic E-state index is 13.5. The number of rotatable bonds is 16. The number of hydrogen-bond acceptors (Lipinski definition) is 8. The van der Waals surface area contributed by atoms with Gasteiger partial charge in [-0.2, -0.15) is 13.2 Å². The van der Waals surface area contributed by atoms with E-state index in [0.717, 1.165) is 17.7 Å². The molecule has 0 radical (unpaired) electrons. The summed E-state index contributed by atoms with van der Waals surface area (Å²) in [6.07, 6.45) is -3.51. The number of nitrogens with two attached hydrogens (primary N) is 3. The van der Waals surface area contributed by atoms with Gasteiger partial charge in [-0.05, 0) is 42.2 Å². The van der Waals surface area contributed by atoms with Gasteiger partial charge in [0.25, 0.3) is 0 Å². The lowest BCUT2D eigenvalue weighted by Crippen LogP contribution is -2.51. The van der Waals surface area contributed by atoms with E-state index >= 15 is 0 Å². The van der Waals surface area contributed by atoms with Gasteiger partial charge in [-0.25, -0.2) is 4.98 Å². The molecule has 242 valence electrons. The molecule has 0 saturated heterocycles. The number of carbonyl (C=O) groups excluding carboxylic acids is 3. The molecule has 0 fully saturated rings. The number of aryl methyl sites for hydroxylation is 1. The molecule has 45 heavy (non-hydrogen) atoms. The summed E-state index contributed by atoms with van der Waals surface area (Å²) in [6, 6.07) is 13.7. The quantitative estimate of drug-likeness (QED) is 0.184. The van der Waals surface area contributed by atoms with Gasteiger partial charge in [0.05, 0.1) is 29.1 Å². The van der Waals surface area contributed by atoms with Gasteiger partial charge >= 0.3 is 6.18 Å². The Morgan fingerprint density at radius 1 is 0.978 bits per heavy atom. The zero-order valence-corrected chi connectivity index (χ0v) is 25.2. The number of benzene rings is 2. The molecule has 0 aliphatic heterocycles. The summed E-state index contributed by atoms with van der Waals surface area (Å²) in [5.74, 6) is -1.31. The van der Waals surface area contributed by atoms with Crippen molar-refractivity contribution >= 4 is 29.2 Å². The van der Waals surface area contributed by atoms with Crippen molar-refractivity contribution in [1.29, 1.82) is 0 Å². The number of halogens is 4. The molecular formula is C31H36ClF3N6O4. The van der Waals surface area contributed by atoms with Crippen LogP contribution in [-0.4, -0.2) is 65.7 Å². The SMILES string of the molecule is NCCN(CCN)C(=O)C[C@H](N)C(=O)N[C@@H](CCc1ccccc1)C(=O)Cc1ccc(Oc2ccc(C(F)(F)F)cn2)c(Cl)c1. The maximum absolute atomic E-state index is 13.5. The molecular weight excluding hydrogens is 613 g/mol. The Morgan fingerprint density at radius 3 is 2.24 bits per heavy atom. The van der Waals surface area contributed by atoms with Crippen molar-refractivity contribution in [2.75, 3.05) is 26.2 Å². The number of ether oxygens (including phenoxy) is 1. The van der Waals surface area contributed by atoms with Crippen LogP contribution in [0.25, 0.3) is 0 Å². The van der Waals surface area contributed by atoms with E-state index < -0.39 is 29.7 Å². The van der Waals surface area contributed by atoms with Crippen molar-refractivity contribution in [3.63, 3.8) is 0 Å². The second-order valence-electron chi connectivity index (χ2n) is 10.2. The van der Waals surface area contributed by atoms with Crippen LogP contribution in [-0.2, 0) is 33.4 Å². The van der Waals surface area contributed by atoms with Crippen LogP contribution in [0.2, 0.25) is 5.02 Å². The number of hydrogen-bond donors (Lipinski definition) is 4. The van der Waals surface area contributed by atoms with Crippen LogP contribution in [0.5, 0.6) is 11.6 Å². The lowest BCUT2D eigenvalue weighted by Gasteiger charge is -2.24. The summed E-state index contributed by atoms with van der Waals surface area (Å²) in [5, 5.41) is 2.81.